The van der Waals surface area contributed by atoms with E-state index in [1.54, 1.807) is 7.11 Å². The third kappa shape index (κ3) is 2.95. The summed E-state index contributed by atoms with van der Waals surface area (Å²) in [7, 11) is 1.67. The van der Waals surface area contributed by atoms with Gasteiger partial charge in [0, 0.05) is 25.2 Å². The summed E-state index contributed by atoms with van der Waals surface area (Å²) in [6, 6.07) is 6.60. The lowest BCUT2D eigenvalue weighted by Crippen LogP contribution is -2.37. The molecule has 1 heterocycles. The fourth-order valence-electron chi connectivity index (χ4n) is 2.95. The fraction of sp³-hybridized carbons (Fsp3) is 0.600. The van der Waals surface area contributed by atoms with Crippen LogP contribution in [0.3, 0.4) is 0 Å². The van der Waals surface area contributed by atoms with Gasteiger partial charge in [-0.15, -0.1) is 0 Å². The van der Waals surface area contributed by atoms with Crippen LogP contribution in [-0.2, 0) is 0 Å². The molecule has 19 heavy (non-hydrogen) atoms. The van der Waals surface area contributed by atoms with E-state index in [4.69, 9.17) is 10.5 Å². The zero-order valence-electron chi connectivity index (χ0n) is 12.2. The van der Waals surface area contributed by atoms with Crippen LogP contribution in [0.1, 0.15) is 20.3 Å². The first-order valence-corrected chi connectivity index (χ1v) is 7.12. The molecule has 1 aliphatic heterocycles. The van der Waals surface area contributed by atoms with Crippen molar-refractivity contribution in [3.05, 3.63) is 18.2 Å². The number of methoxy groups -OCH3 is 1. The van der Waals surface area contributed by atoms with Gasteiger partial charge in [0.05, 0.1) is 18.5 Å². The molecule has 0 spiro atoms. The largest absolute Gasteiger partial charge is 0.497 e. The summed E-state index contributed by atoms with van der Waals surface area (Å²) < 4.78 is 5.20. The molecule has 1 saturated heterocycles. The van der Waals surface area contributed by atoms with Gasteiger partial charge in [-0.1, -0.05) is 13.8 Å². The van der Waals surface area contributed by atoms with Gasteiger partial charge in [-0.3, -0.25) is 4.90 Å². The van der Waals surface area contributed by atoms with Gasteiger partial charge in [-0.05, 0) is 31.6 Å². The molecule has 0 radical (unpaired) electrons. The number of hydrogen-bond donors (Lipinski definition) is 1. The monoisotopic (exact) mass is 263 g/mol. The van der Waals surface area contributed by atoms with Crippen molar-refractivity contribution in [1.82, 2.24) is 4.90 Å². The normalized spacial score (nSPS) is 19.2. The third-order valence-electron chi connectivity index (χ3n) is 4.07. The lowest BCUT2D eigenvalue weighted by atomic mass is 10.2. The van der Waals surface area contributed by atoms with E-state index in [0.717, 1.165) is 43.3 Å². The number of nitrogens with two attached hydrogens (primary N) is 1. The summed E-state index contributed by atoms with van der Waals surface area (Å²) >= 11 is 0. The van der Waals surface area contributed by atoms with Crippen LogP contribution in [0.4, 0.5) is 11.4 Å². The van der Waals surface area contributed by atoms with E-state index in [1.807, 2.05) is 12.1 Å². The Morgan fingerprint density at radius 3 is 2.68 bits per heavy atom. The van der Waals surface area contributed by atoms with Crippen molar-refractivity contribution in [2.24, 2.45) is 0 Å². The summed E-state index contributed by atoms with van der Waals surface area (Å²) in [5, 5.41) is 0. The van der Waals surface area contributed by atoms with Gasteiger partial charge in [0.2, 0.25) is 0 Å². The minimum absolute atomic E-state index is 0.650. The van der Waals surface area contributed by atoms with Crippen LogP contribution in [0.25, 0.3) is 0 Å². The van der Waals surface area contributed by atoms with Crippen LogP contribution in [0, 0.1) is 0 Å². The molecular formula is C15H25N3O. The van der Waals surface area contributed by atoms with E-state index >= 15 is 0 Å². The highest BCUT2D eigenvalue weighted by Gasteiger charge is 2.27. The van der Waals surface area contributed by atoms with E-state index in [1.165, 1.54) is 6.42 Å². The van der Waals surface area contributed by atoms with E-state index in [2.05, 4.69) is 29.7 Å². The summed E-state index contributed by atoms with van der Waals surface area (Å²) in [5.74, 6) is 0.820. The van der Waals surface area contributed by atoms with Crippen LogP contribution < -0.4 is 15.4 Å². The molecule has 1 aromatic rings. The summed E-state index contributed by atoms with van der Waals surface area (Å²) in [5.41, 5.74) is 8.07. The molecule has 0 saturated carbocycles. The number of hydrogen-bond acceptors (Lipinski definition) is 4. The second kappa shape index (κ2) is 6.15. The topological polar surface area (TPSA) is 41.7 Å². The van der Waals surface area contributed by atoms with Crippen LogP contribution in [-0.4, -0.2) is 44.2 Å². The quantitative estimate of drug-likeness (QED) is 0.827. The van der Waals surface area contributed by atoms with Crippen LogP contribution in [0.2, 0.25) is 0 Å². The third-order valence-corrected chi connectivity index (χ3v) is 4.07. The Morgan fingerprint density at radius 2 is 2.11 bits per heavy atom. The maximum absolute atomic E-state index is 6.13. The molecule has 0 bridgehead atoms. The van der Waals surface area contributed by atoms with Crippen molar-refractivity contribution in [3.63, 3.8) is 0 Å². The molecule has 2 N–H and O–H groups in total. The molecule has 1 atom stereocenters. The Kier molecular flexibility index (Phi) is 4.53. The molecule has 1 aliphatic rings. The molecule has 1 fully saturated rings. The molecule has 4 nitrogen and oxygen atoms in total. The van der Waals surface area contributed by atoms with Gasteiger partial charge in [0.1, 0.15) is 5.75 Å². The number of nitrogen functional groups attached to an aromatic ring is 1. The van der Waals surface area contributed by atoms with Crippen LogP contribution in [0.5, 0.6) is 5.75 Å². The number of likely N-dealkylation sites (N-methyl/N-ethyl adjacent to an activating group) is 1. The van der Waals surface area contributed by atoms with Crippen molar-refractivity contribution in [3.8, 4) is 5.75 Å². The van der Waals surface area contributed by atoms with Crippen LogP contribution >= 0.6 is 0 Å². The van der Waals surface area contributed by atoms with E-state index in [-0.39, 0.29) is 0 Å². The number of rotatable bonds is 5. The average Bonchev–Trinajstić information content (AvgIpc) is 2.89. The number of ether oxygens (including phenoxy) is 1. The highest BCUT2D eigenvalue weighted by Crippen LogP contribution is 2.31. The minimum atomic E-state index is 0.650. The summed E-state index contributed by atoms with van der Waals surface area (Å²) in [6.07, 6.45) is 1.22. The number of benzene rings is 1. The highest BCUT2D eigenvalue weighted by atomic mass is 16.5. The average molecular weight is 263 g/mol. The van der Waals surface area contributed by atoms with Crippen molar-refractivity contribution >= 4 is 11.4 Å². The zero-order valence-corrected chi connectivity index (χ0v) is 12.2. The van der Waals surface area contributed by atoms with Gasteiger partial charge >= 0.3 is 0 Å². The molecule has 2 rings (SSSR count). The van der Waals surface area contributed by atoms with E-state index < -0.39 is 0 Å². The number of anilines is 2. The van der Waals surface area contributed by atoms with Gasteiger partial charge < -0.3 is 15.4 Å². The molecule has 0 amide bonds. The van der Waals surface area contributed by atoms with Crippen molar-refractivity contribution in [2.45, 2.75) is 26.3 Å². The Bertz CT molecular complexity index is 418. The molecule has 0 aromatic heterocycles. The molecule has 1 aromatic carbocycles. The molecule has 0 aliphatic carbocycles. The maximum Gasteiger partial charge on any atom is 0.121 e. The van der Waals surface area contributed by atoms with Crippen molar-refractivity contribution in [2.75, 3.05) is 43.9 Å². The van der Waals surface area contributed by atoms with E-state index in [0.29, 0.717) is 6.04 Å². The molecule has 1 unspecified atom stereocenters. The lowest BCUT2D eigenvalue weighted by Gasteiger charge is -2.27. The lowest BCUT2D eigenvalue weighted by molar-refractivity contribution is 0.232. The maximum atomic E-state index is 6.13. The molecular weight excluding hydrogens is 238 g/mol. The second-order valence-electron chi connectivity index (χ2n) is 5.03. The van der Waals surface area contributed by atoms with Gasteiger partial charge in [0.15, 0.2) is 0 Å². The fourth-order valence-corrected chi connectivity index (χ4v) is 2.95. The number of nitrogens with zero attached hydrogens (tertiary/aromatic N) is 2. The Hall–Kier alpha value is -1.42. The van der Waals surface area contributed by atoms with Gasteiger partial charge in [-0.2, -0.15) is 0 Å². The summed E-state index contributed by atoms with van der Waals surface area (Å²) in [4.78, 5) is 4.91. The van der Waals surface area contributed by atoms with Crippen molar-refractivity contribution in [1.29, 1.82) is 0 Å². The zero-order chi connectivity index (χ0) is 13.8. The van der Waals surface area contributed by atoms with Gasteiger partial charge in [-0.25, -0.2) is 0 Å². The van der Waals surface area contributed by atoms with Crippen molar-refractivity contribution < 1.29 is 4.74 Å². The summed E-state index contributed by atoms with van der Waals surface area (Å²) in [6.45, 7) is 8.85. The first kappa shape index (κ1) is 14.0. The Balaban J connectivity index is 2.08. The minimum Gasteiger partial charge on any atom is -0.497 e. The first-order valence-electron chi connectivity index (χ1n) is 7.12. The Labute approximate surface area is 116 Å². The predicted octanol–water partition coefficient (Wildman–Crippen LogP) is 2.20. The SMILES string of the molecule is CCN(CC)C1CCN(c2ccc(OC)cc2N)C1. The Morgan fingerprint density at radius 1 is 1.37 bits per heavy atom. The smallest absolute Gasteiger partial charge is 0.121 e. The molecule has 106 valence electrons. The molecule has 4 heteroatoms. The van der Waals surface area contributed by atoms with Crippen LogP contribution in [0.15, 0.2) is 18.2 Å². The standard InChI is InChI=1S/C15H25N3O/c1-4-17(5-2)12-8-9-18(11-12)15-7-6-13(19-3)10-14(15)16/h6-7,10,12H,4-5,8-9,11,16H2,1-3H3. The highest BCUT2D eigenvalue weighted by molar-refractivity contribution is 5.70. The van der Waals surface area contributed by atoms with E-state index in [9.17, 15) is 0 Å². The second-order valence-corrected chi connectivity index (χ2v) is 5.03. The van der Waals surface area contributed by atoms with Gasteiger partial charge in [0.25, 0.3) is 0 Å². The predicted molar refractivity (Wildman–Crippen MR) is 80.9 cm³/mol. The first-order chi connectivity index (χ1) is 9.19.